The molecular weight excluding hydrogens is 226 g/mol. The maximum Gasteiger partial charge on any atom is 0.0623 e. The molecule has 4 heteroatoms. The van der Waals surface area contributed by atoms with Crippen molar-refractivity contribution >= 4 is 0 Å². The largest absolute Gasteiger partial charge is 0.379 e. The minimum absolute atomic E-state index is 0.553. The SMILES string of the molecule is CCC(C)N1CCN(CC2COCC2NC)CC1. The second kappa shape index (κ2) is 6.85. The number of hydrogen-bond acceptors (Lipinski definition) is 4. The fraction of sp³-hybridized carbons (Fsp3) is 1.00. The Labute approximate surface area is 112 Å². The van der Waals surface area contributed by atoms with Gasteiger partial charge >= 0.3 is 0 Å². The topological polar surface area (TPSA) is 27.7 Å². The minimum atomic E-state index is 0.553. The van der Waals surface area contributed by atoms with E-state index in [-0.39, 0.29) is 0 Å². The lowest BCUT2D eigenvalue weighted by Gasteiger charge is -2.39. The lowest BCUT2D eigenvalue weighted by Crippen LogP contribution is -2.51. The highest BCUT2D eigenvalue weighted by atomic mass is 16.5. The van der Waals surface area contributed by atoms with E-state index >= 15 is 0 Å². The number of ether oxygens (including phenoxy) is 1. The van der Waals surface area contributed by atoms with E-state index in [0.29, 0.717) is 12.0 Å². The van der Waals surface area contributed by atoms with Crippen LogP contribution in [0, 0.1) is 5.92 Å². The van der Waals surface area contributed by atoms with Crippen LogP contribution in [0.1, 0.15) is 20.3 Å². The van der Waals surface area contributed by atoms with E-state index < -0.39 is 0 Å². The molecule has 0 amide bonds. The van der Waals surface area contributed by atoms with Gasteiger partial charge in [0, 0.05) is 50.7 Å². The molecule has 2 heterocycles. The van der Waals surface area contributed by atoms with E-state index in [1.165, 1.54) is 39.1 Å². The van der Waals surface area contributed by atoms with Crippen LogP contribution >= 0.6 is 0 Å². The zero-order valence-electron chi connectivity index (χ0n) is 12.2. The van der Waals surface area contributed by atoms with Crippen LogP contribution in [0.25, 0.3) is 0 Å². The lowest BCUT2D eigenvalue weighted by molar-refractivity contribution is 0.0851. The summed E-state index contributed by atoms with van der Waals surface area (Å²) < 4.78 is 5.58. The maximum absolute atomic E-state index is 5.58. The van der Waals surface area contributed by atoms with Gasteiger partial charge in [-0.05, 0) is 20.4 Å². The molecule has 0 spiro atoms. The van der Waals surface area contributed by atoms with E-state index in [9.17, 15) is 0 Å². The van der Waals surface area contributed by atoms with Gasteiger partial charge in [0.1, 0.15) is 0 Å². The Kier molecular flexibility index (Phi) is 5.42. The summed E-state index contributed by atoms with van der Waals surface area (Å²) in [6, 6.07) is 1.30. The predicted molar refractivity (Wildman–Crippen MR) is 74.9 cm³/mol. The molecule has 0 aromatic rings. The molecule has 0 aliphatic carbocycles. The highest BCUT2D eigenvalue weighted by molar-refractivity contribution is 4.84. The fourth-order valence-corrected chi connectivity index (χ4v) is 3.07. The molecule has 0 radical (unpaired) electrons. The first kappa shape index (κ1) is 14.3. The van der Waals surface area contributed by atoms with Crippen LogP contribution in [0.3, 0.4) is 0 Å². The van der Waals surface area contributed by atoms with Crippen molar-refractivity contribution in [1.82, 2.24) is 15.1 Å². The highest BCUT2D eigenvalue weighted by Crippen LogP contribution is 2.17. The second-order valence-corrected chi connectivity index (χ2v) is 5.79. The van der Waals surface area contributed by atoms with Crippen molar-refractivity contribution in [2.24, 2.45) is 5.92 Å². The van der Waals surface area contributed by atoms with Gasteiger partial charge in [0.05, 0.1) is 13.2 Å². The lowest BCUT2D eigenvalue weighted by atomic mass is 10.0. The maximum atomic E-state index is 5.58. The second-order valence-electron chi connectivity index (χ2n) is 5.79. The number of nitrogens with one attached hydrogen (secondary N) is 1. The molecule has 106 valence electrons. The molecule has 2 fully saturated rings. The van der Waals surface area contributed by atoms with Crippen LogP contribution in [-0.4, -0.2) is 74.9 Å². The van der Waals surface area contributed by atoms with Crippen molar-refractivity contribution in [2.75, 3.05) is 53.0 Å². The van der Waals surface area contributed by atoms with E-state index in [1.54, 1.807) is 0 Å². The van der Waals surface area contributed by atoms with E-state index in [4.69, 9.17) is 4.74 Å². The molecular formula is C14H29N3O. The molecule has 2 aliphatic rings. The number of rotatable bonds is 5. The Morgan fingerprint density at radius 3 is 2.56 bits per heavy atom. The number of nitrogens with zero attached hydrogens (tertiary/aromatic N) is 2. The molecule has 0 aromatic heterocycles. The van der Waals surface area contributed by atoms with E-state index in [2.05, 4.69) is 29.0 Å². The molecule has 2 saturated heterocycles. The third-order valence-corrected chi connectivity index (χ3v) is 4.68. The van der Waals surface area contributed by atoms with Crippen molar-refractivity contribution in [2.45, 2.75) is 32.4 Å². The molecule has 3 atom stereocenters. The van der Waals surface area contributed by atoms with Crippen LogP contribution in [0.4, 0.5) is 0 Å². The summed E-state index contributed by atoms with van der Waals surface area (Å²) in [5.74, 6) is 0.671. The van der Waals surface area contributed by atoms with Gasteiger partial charge in [0.25, 0.3) is 0 Å². The highest BCUT2D eigenvalue weighted by Gasteiger charge is 2.30. The zero-order chi connectivity index (χ0) is 13.0. The Bertz CT molecular complexity index is 241. The van der Waals surface area contributed by atoms with Crippen molar-refractivity contribution in [3.63, 3.8) is 0 Å². The van der Waals surface area contributed by atoms with Gasteiger partial charge < -0.3 is 15.0 Å². The van der Waals surface area contributed by atoms with Crippen LogP contribution in [0.5, 0.6) is 0 Å². The first-order valence-electron chi connectivity index (χ1n) is 7.46. The average molecular weight is 255 g/mol. The Balaban J connectivity index is 1.73. The summed E-state index contributed by atoms with van der Waals surface area (Å²) in [5.41, 5.74) is 0. The summed E-state index contributed by atoms with van der Waals surface area (Å²) in [5, 5.41) is 3.38. The third kappa shape index (κ3) is 3.44. The molecule has 3 unspecified atom stereocenters. The monoisotopic (exact) mass is 255 g/mol. The van der Waals surface area contributed by atoms with Gasteiger partial charge in [-0.3, -0.25) is 4.90 Å². The minimum Gasteiger partial charge on any atom is -0.379 e. The van der Waals surface area contributed by atoms with Crippen LogP contribution in [-0.2, 0) is 4.74 Å². The number of likely N-dealkylation sites (N-methyl/N-ethyl adjacent to an activating group) is 1. The third-order valence-electron chi connectivity index (χ3n) is 4.68. The molecule has 2 rings (SSSR count). The molecule has 4 nitrogen and oxygen atoms in total. The van der Waals surface area contributed by atoms with Gasteiger partial charge in [-0.15, -0.1) is 0 Å². The number of hydrogen-bond donors (Lipinski definition) is 1. The van der Waals surface area contributed by atoms with E-state index in [1.807, 2.05) is 7.05 Å². The quantitative estimate of drug-likeness (QED) is 0.780. The van der Waals surface area contributed by atoms with Crippen LogP contribution in [0.15, 0.2) is 0 Å². The molecule has 0 saturated carbocycles. The van der Waals surface area contributed by atoms with Crippen LogP contribution in [0.2, 0.25) is 0 Å². The first-order chi connectivity index (χ1) is 8.74. The summed E-state index contributed by atoms with van der Waals surface area (Å²) in [7, 11) is 2.05. The Morgan fingerprint density at radius 1 is 1.22 bits per heavy atom. The van der Waals surface area contributed by atoms with Gasteiger partial charge in [0.2, 0.25) is 0 Å². The molecule has 0 aromatic carbocycles. The normalized spacial score (nSPS) is 32.8. The van der Waals surface area contributed by atoms with Gasteiger partial charge in [-0.1, -0.05) is 6.92 Å². The molecule has 0 bridgehead atoms. The summed E-state index contributed by atoms with van der Waals surface area (Å²) in [4.78, 5) is 5.24. The first-order valence-corrected chi connectivity index (χ1v) is 7.46. The standard InChI is InChI=1S/C14H29N3O/c1-4-12(2)17-7-5-16(6-8-17)9-13-10-18-11-14(13)15-3/h12-15H,4-11H2,1-3H3. The molecule has 1 N–H and O–H groups in total. The van der Waals surface area contributed by atoms with Gasteiger partial charge in [-0.25, -0.2) is 0 Å². The van der Waals surface area contributed by atoms with Gasteiger partial charge in [0.15, 0.2) is 0 Å². The number of piperazine rings is 1. The Hall–Kier alpha value is -0.160. The summed E-state index contributed by atoms with van der Waals surface area (Å²) >= 11 is 0. The van der Waals surface area contributed by atoms with Crippen molar-refractivity contribution in [3.05, 3.63) is 0 Å². The van der Waals surface area contributed by atoms with E-state index in [0.717, 1.165) is 19.3 Å². The zero-order valence-corrected chi connectivity index (χ0v) is 12.2. The predicted octanol–water partition coefficient (Wildman–Crippen LogP) is 0.637. The molecule has 18 heavy (non-hydrogen) atoms. The Morgan fingerprint density at radius 2 is 1.94 bits per heavy atom. The fourth-order valence-electron chi connectivity index (χ4n) is 3.07. The average Bonchev–Trinajstić information content (AvgIpc) is 2.86. The van der Waals surface area contributed by atoms with Crippen LogP contribution < -0.4 is 5.32 Å². The van der Waals surface area contributed by atoms with Crippen molar-refractivity contribution in [1.29, 1.82) is 0 Å². The van der Waals surface area contributed by atoms with Gasteiger partial charge in [-0.2, -0.15) is 0 Å². The van der Waals surface area contributed by atoms with Crippen molar-refractivity contribution in [3.8, 4) is 0 Å². The molecule has 2 aliphatic heterocycles. The van der Waals surface area contributed by atoms with Crippen molar-refractivity contribution < 1.29 is 4.74 Å². The summed E-state index contributed by atoms with van der Waals surface area (Å²) in [6.45, 7) is 12.5. The smallest absolute Gasteiger partial charge is 0.0623 e. The summed E-state index contributed by atoms with van der Waals surface area (Å²) in [6.07, 6.45) is 1.26.